The van der Waals surface area contributed by atoms with Crippen molar-refractivity contribution < 1.29 is 9.53 Å². The van der Waals surface area contributed by atoms with E-state index < -0.39 is 0 Å². The van der Waals surface area contributed by atoms with Crippen molar-refractivity contribution in [2.45, 2.75) is 19.8 Å². The summed E-state index contributed by atoms with van der Waals surface area (Å²) in [5.41, 5.74) is 1.05. The highest BCUT2D eigenvalue weighted by Gasteiger charge is 1.97. The van der Waals surface area contributed by atoms with Crippen molar-refractivity contribution in [3.05, 3.63) is 24.3 Å². The Morgan fingerprint density at radius 1 is 1.29 bits per heavy atom. The molecule has 0 fully saturated rings. The maximum absolute atomic E-state index is 11.0. The van der Waals surface area contributed by atoms with E-state index in [2.05, 4.69) is 10.6 Å². The highest BCUT2D eigenvalue weighted by molar-refractivity contribution is 5.75. The van der Waals surface area contributed by atoms with Gasteiger partial charge in [-0.1, -0.05) is 0 Å². The van der Waals surface area contributed by atoms with Crippen LogP contribution in [-0.4, -0.2) is 26.1 Å². The maximum Gasteiger partial charge on any atom is 0.219 e. The summed E-state index contributed by atoms with van der Waals surface area (Å²) in [4.78, 5) is 11.0. The molecule has 0 aliphatic carbocycles. The molecule has 1 aromatic rings. The fourth-order valence-electron chi connectivity index (χ4n) is 1.44. The van der Waals surface area contributed by atoms with E-state index in [1.165, 1.54) is 0 Å². The minimum atomic E-state index is 0.0819. The molecule has 0 aliphatic heterocycles. The second-order valence-electron chi connectivity index (χ2n) is 3.66. The first-order valence-electron chi connectivity index (χ1n) is 5.93. The standard InChI is InChI=1S/C13H20N2O2/c1-3-17-12-8-6-11(7-9-12)15-10-4-5-13(16)14-2/h6-9,15H,3-5,10H2,1-2H3,(H,14,16). The number of hydrogen-bond acceptors (Lipinski definition) is 3. The Morgan fingerprint density at radius 2 is 2.00 bits per heavy atom. The van der Waals surface area contributed by atoms with Crippen LogP contribution in [0.5, 0.6) is 5.75 Å². The highest BCUT2D eigenvalue weighted by atomic mass is 16.5. The van der Waals surface area contributed by atoms with Gasteiger partial charge < -0.3 is 15.4 Å². The van der Waals surface area contributed by atoms with Gasteiger partial charge in [0.1, 0.15) is 5.75 Å². The van der Waals surface area contributed by atoms with Crippen LogP contribution in [-0.2, 0) is 4.79 Å². The van der Waals surface area contributed by atoms with Gasteiger partial charge in [-0.05, 0) is 37.6 Å². The molecule has 94 valence electrons. The number of ether oxygens (including phenoxy) is 1. The zero-order valence-corrected chi connectivity index (χ0v) is 10.5. The molecule has 0 aromatic heterocycles. The molecule has 0 saturated heterocycles. The second-order valence-corrected chi connectivity index (χ2v) is 3.66. The fourth-order valence-corrected chi connectivity index (χ4v) is 1.44. The van der Waals surface area contributed by atoms with E-state index in [1.807, 2.05) is 31.2 Å². The van der Waals surface area contributed by atoms with Gasteiger partial charge in [-0.15, -0.1) is 0 Å². The van der Waals surface area contributed by atoms with Gasteiger partial charge in [-0.3, -0.25) is 4.79 Å². The van der Waals surface area contributed by atoms with Gasteiger partial charge in [-0.2, -0.15) is 0 Å². The van der Waals surface area contributed by atoms with Crippen LogP contribution in [0.25, 0.3) is 0 Å². The SMILES string of the molecule is CCOc1ccc(NCCCC(=O)NC)cc1. The number of amides is 1. The number of anilines is 1. The molecule has 0 aliphatic rings. The fraction of sp³-hybridized carbons (Fsp3) is 0.462. The third-order valence-electron chi connectivity index (χ3n) is 2.35. The predicted molar refractivity (Wildman–Crippen MR) is 69.4 cm³/mol. The largest absolute Gasteiger partial charge is 0.494 e. The van der Waals surface area contributed by atoms with Gasteiger partial charge in [0, 0.05) is 25.7 Å². The number of rotatable bonds is 7. The van der Waals surface area contributed by atoms with E-state index in [-0.39, 0.29) is 5.91 Å². The van der Waals surface area contributed by atoms with Crippen LogP contribution < -0.4 is 15.4 Å². The molecule has 0 spiro atoms. The molecule has 0 saturated carbocycles. The molecule has 1 rings (SSSR count). The van der Waals surface area contributed by atoms with E-state index in [1.54, 1.807) is 7.05 Å². The van der Waals surface area contributed by atoms with E-state index in [4.69, 9.17) is 4.74 Å². The summed E-state index contributed by atoms with van der Waals surface area (Å²) >= 11 is 0. The smallest absolute Gasteiger partial charge is 0.219 e. The molecule has 0 unspecified atom stereocenters. The Bertz CT molecular complexity index is 336. The Balaban J connectivity index is 2.25. The summed E-state index contributed by atoms with van der Waals surface area (Å²) in [6.07, 6.45) is 1.38. The summed E-state index contributed by atoms with van der Waals surface area (Å²) in [5.74, 6) is 0.960. The summed E-state index contributed by atoms with van der Waals surface area (Å²) in [6.45, 7) is 3.44. The molecule has 0 heterocycles. The van der Waals surface area contributed by atoms with Crippen molar-refractivity contribution in [3.8, 4) is 5.75 Å². The highest BCUT2D eigenvalue weighted by Crippen LogP contribution is 2.15. The van der Waals surface area contributed by atoms with Crippen molar-refractivity contribution in [3.63, 3.8) is 0 Å². The summed E-state index contributed by atoms with van der Waals surface area (Å²) in [6, 6.07) is 7.82. The Labute approximate surface area is 102 Å². The van der Waals surface area contributed by atoms with Crippen molar-refractivity contribution in [2.24, 2.45) is 0 Å². The lowest BCUT2D eigenvalue weighted by Crippen LogP contribution is -2.18. The summed E-state index contributed by atoms with van der Waals surface area (Å²) in [7, 11) is 1.65. The van der Waals surface area contributed by atoms with E-state index in [0.717, 1.165) is 24.4 Å². The van der Waals surface area contributed by atoms with E-state index in [0.29, 0.717) is 13.0 Å². The average Bonchev–Trinajstić information content (AvgIpc) is 2.36. The third kappa shape index (κ3) is 5.24. The van der Waals surface area contributed by atoms with Gasteiger partial charge in [0.05, 0.1) is 6.61 Å². The van der Waals surface area contributed by atoms with Gasteiger partial charge >= 0.3 is 0 Å². The van der Waals surface area contributed by atoms with Gasteiger partial charge in [0.2, 0.25) is 5.91 Å². The number of carbonyl (C=O) groups excluding carboxylic acids is 1. The molecule has 4 nitrogen and oxygen atoms in total. The second kappa shape index (κ2) is 7.54. The first-order valence-corrected chi connectivity index (χ1v) is 5.93. The number of nitrogens with one attached hydrogen (secondary N) is 2. The Kier molecular flexibility index (Phi) is 5.93. The zero-order valence-electron chi connectivity index (χ0n) is 10.5. The molecule has 1 amide bonds. The first-order chi connectivity index (χ1) is 8.26. The lowest BCUT2D eigenvalue weighted by atomic mass is 10.2. The van der Waals surface area contributed by atoms with Crippen LogP contribution >= 0.6 is 0 Å². The minimum Gasteiger partial charge on any atom is -0.494 e. The van der Waals surface area contributed by atoms with Crippen LogP contribution in [0.2, 0.25) is 0 Å². The third-order valence-corrected chi connectivity index (χ3v) is 2.35. The Morgan fingerprint density at radius 3 is 2.59 bits per heavy atom. The molecule has 4 heteroatoms. The number of carbonyl (C=O) groups is 1. The molecule has 17 heavy (non-hydrogen) atoms. The average molecular weight is 236 g/mol. The number of benzene rings is 1. The predicted octanol–water partition coefficient (Wildman–Crippen LogP) is 2.02. The van der Waals surface area contributed by atoms with E-state index in [9.17, 15) is 4.79 Å². The monoisotopic (exact) mass is 236 g/mol. The normalized spacial score (nSPS) is 9.76. The van der Waals surface area contributed by atoms with Gasteiger partial charge in [-0.25, -0.2) is 0 Å². The zero-order chi connectivity index (χ0) is 12.5. The first kappa shape index (κ1) is 13.4. The van der Waals surface area contributed by atoms with Crippen LogP contribution in [0.4, 0.5) is 5.69 Å². The van der Waals surface area contributed by atoms with Crippen LogP contribution in [0.1, 0.15) is 19.8 Å². The Hall–Kier alpha value is -1.71. The van der Waals surface area contributed by atoms with Crippen molar-refractivity contribution in [2.75, 3.05) is 25.5 Å². The minimum absolute atomic E-state index is 0.0819. The molecular formula is C13H20N2O2. The van der Waals surface area contributed by atoms with Crippen molar-refractivity contribution in [1.82, 2.24) is 5.32 Å². The molecular weight excluding hydrogens is 216 g/mol. The summed E-state index contributed by atoms with van der Waals surface area (Å²) in [5, 5.41) is 5.86. The van der Waals surface area contributed by atoms with Crippen LogP contribution in [0, 0.1) is 0 Å². The quantitative estimate of drug-likeness (QED) is 0.712. The number of hydrogen-bond donors (Lipinski definition) is 2. The summed E-state index contributed by atoms with van der Waals surface area (Å²) < 4.78 is 5.35. The molecule has 1 aromatic carbocycles. The lowest BCUT2D eigenvalue weighted by molar-refractivity contribution is -0.120. The molecule has 0 bridgehead atoms. The van der Waals surface area contributed by atoms with Crippen LogP contribution in [0.15, 0.2) is 24.3 Å². The van der Waals surface area contributed by atoms with Gasteiger partial charge in [0.15, 0.2) is 0 Å². The topological polar surface area (TPSA) is 50.4 Å². The van der Waals surface area contributed by atoms with Crippen LogP contribution in [0.3, 0.4) is 0 Å². The molecule has 2 N–H and O–H groups in total. The van der Waals surface area contributed by atoms with Crippen molar-refractivity contribution >= 4 is 11.6 Å². The molecule has 0 atom stereocenters. The van der Waals surface area contributed by atoms with Crippen molar-refractivity contribution in [1.29, 1.82) is 0 Å². The molecule has 0 radical (unpaired) electrons. The van der Waals surface area contributed by atoms with E-state index >= 15 is 0 Å². The maximum atomic E-state index is 11.0. The van der Waals surface area contributed by atoms with Gasteiger partial charge in [0.25, 0.3) is 0 Å². The lowest BCUT2D eigenvalue weighted by Gasteiger charge is -2.07.